The van der Waals surface area contributed by atoms with E-state index in [4.69, 9.17) is 32.5 Å². The second kappa shape index (κ2) is 4.73. The quantitative estimate of drug-likeness (QED) is 0.849. The van der Waals surface area contributed by atoms with Crippen molar-refractivity contribution in [1.29, 1.82) is 0 Å². The summed E-state index contributed by atoms with van der Waals surface area (Å²) in [7, 11) is 0. The Morgan fingerprint density at radius 3 is 2.50 bits per heavy atom. The van der Waals surface area contributed by atoms with Crippen molar-refractivity contribution >= 4 is 23.8 Å². The van der Waals surface area contributed by atoms with Gasteiger partial charge >= 0.3 is 12.2 Å². The molecule has 2 rings (SSSR count). The highest BCUT2D eigenvalue weighted by Crippen LogP contribution is 2.37. The average Bonchev–Trinajstić information content (AvgIpc) is 2.55. The molecular formula is C11H11ClN2O4. The van der Waals surface area contributed by atoms with E-state index in [1.54, 1.807) is 18.2 Å². The molecule has 2 atom stereocenters. The zero-order valence-electron chi connectivity index (χ0n) is 9.26. The molecule has 1 aliphatic carbocycles. The van der Waals surface area contributed by atoms with Crippen molar-refractivity contribution in [3.05, 3.63) is 34.3 Å². The van der Waals surface area contributed by atoms with E-state index in [9.17, 15) is 9.59 Å². The second-order valence-corrected chi connectivity index (χ2v) is 4.32. The van der Waals surface area contributed by atoms with Gasteiger partial charge in [-0.05, 0) is 17.7 Å². The Morgan fingerprint density at radius 1 is 1.22 bits per heavy atom. The monoisotopic (exact) mass is 270 g/mol. The fourth-order valence-corrected chi connectivity index (χ4v) is 2.24. The van der Waals surface area contributed by atoms with Gasteiger partial charge in [0, 0.05) is 17.0 Å². The lowest BCUT2D eigenvalue weighted by molar-refractivity contribution is 0.00574. The Bertz CT molecular complexity index is 506. The Kier molecular flexibility index (Phi) is 3.29. The van der Waals surface area contributed by atoms with Crippen molar-refractivity contribution in [2.75, 3.05) is 0 Å². The minimum atomic E-state index is -0.953. The van der Waals surface area contributed by atoms with E-state index in [0.717, 1.165) is 5.56 Å². The number of benzene rings is 1. The molecule has 0 unspecified atom stereocenters. The summed E-state index contributed by atoms with van der Waals surface area (Å²) in [5.74, 6) is 0. The van der Waals surface area contributed by atoms with E-state index in [1.807, 2.05) is 0 Å². The predicted molar refractivity (Wildman–Crippen MR) is 63.0 cm³/mol. The van der Waals surface area contributed by atoms with E-state index < -0.39 is 24.4 Å². The van der Waals surface area contributed by atoms with Gasteiger partial charge in [-0.1, -0.05) is 17.7 Å². The SMILES string of the molecule is NC(=O)O[C@@H]1Cc2ccc(Cl)cc2[C@@H]1OC(N)=O. The minimum Gasteiger partial charge on any atom is -0.442 e. The van der Waals surface area contributed by atoms with Crippen LogP contribution in [0.3, 0.4) is 0 Å². The van der Waals surface area contributed by atoms with Gasteiger partial charge in [0.1, 0.15) is 6.10 Å². The van der Waals surface area contributed by atoms with Crippen LogP contribution < -0.4 is 11.5 Å². The van der Waals surface area contributed by atoms with Crippen molar-refractivity contribution in [1.82, 2.24) is 0 Å². The van der Waals surface area contributed by atoms with Gasteiger partial charge in [0.05, 0.1) is 0 Å². The largest absolute Gasteiger partial charge is 0.442 e. The lowest BCUT2D eigenvalue weighted by Gasteiger charge is -2.19. The van der Waals surface area contributed by atoms with Crippen molar-refractivity contribution < 1.29 is 19.1 Å². The molecule has 0 aliphatic heterocycles. The molecule has 1 aromatic rings. The topological polar surface area (TPSA) is 105 Å². The number of ether oxygens (including phenoxy) is 2. The summed E-state index contributed by atoms with van der Waals surface area (Å²) in [5.41, 5.74) is 11.5. The second-order valence-electron chi connectivity index (χ2n) is 3.88. The van der Waals surface area contributed by atoms with Gasteiger partial charge in [0.25, 0.3) is 0 Å². The number of carbonyl (C=O) groups excluding carboxylic acids is 2. The fraction of sp³-hybridized carbons (Fsp3) is 0.273. The molecule has 96 valence electrons. The molecule has 2 amide bonds. The van der Waals surface area contributed by atoms with Crippen LogP contribution in [-0.4, -0.2) is 18.3 Å². The molecular weight excluding hydrogens is 260 g/mol. The first-order valence-electron chi connectivity index (χ1n) is 5.18. The van der Waals surface area contributed by atoms with E-state index in [2.05, 4.69) is 0 Å². The third-order valence-electron chi connectivity index (χ3n) is 2.68. The number of nitrogens with two attached hydrogens (primary N) is 2. The summed E-state index contributed by atoms with van der Waals surface area (Å²) in [6, 6.07) is 5.13. The Labute approximate surface area is 108 Å². The first-order valence-corrected chi connectivity index (χ1v) is 5.55. The highest BCUT2D eigenvalue weighted by atomic mass is 35.5. The maximum Gasteiger partial charge on any atom is 0.405 e. The Hall–Kier alpha value is -1.95. The zero-order valence-corrected chi connectivity index (χ0v) is 10.0. The van der Waals surface area contributed by atoms with Gasteiger partial charge in [0.15, 0.2) is 6.10 Å². The smallest absolute Gasteiger partial charge is 0.405 e. The van der Waals surface area contributed by atoms with Gasteiger partial charge in [-0.2, -0.15) is 0 Å². The fourth-order valence-electron chi connectivity index (χ4n) is 2.06. The van der Waals surface area contributed by atoms with Crippen molar-refractivity contribution in [2.45, 2.75) is 18.6 Å². The van der Waals surface area contributed by atoms with Crippen molar-refractivity contribution in [3.8, 4) is 0 Å². The van der Waals surface area contributed by atoms with Crippen molar-refractivity contribution in [2.24, 2.45) is 11.5 Å². The normalized spacial score (nSPS) is 21.2. The molecule has 7 heteroatoms. The molecule has 0 radical (unpaired) electrons. The minimum absolute atomic E-state index is 0.396. The Balaban J connectivity index is 2.31. The van der Waals surface area contributed by atoms with Crippen LogP contribution in [0.2, 0.25) is 5.02 Å². The van der Waals surface area contributed by atoms with E-state index >= 15 is 0 Å². The number of amides is 2. The number of hydrogen-bond donors (Lipinski definition) is 2. The van der Waals surface area contributed by atoms with E-state index in [-0.39, 0.29) is 0 Å². The van der Waals surface area contributed by atoms with Crippen LogP contribution in [0.4, 0.5) is 9.59 Å². The van der Waals surface area contributed by atoms with Gasteiger partial charge in [-0.25, -0.2) is 9.59 Å². The third kappa shape index (κ3) is 2.48. The molecule has 1 aliphatic rings. The molecule has 0 bridgehead atoms. The molecule has 1 aromatic carbocycles. The van der Waals surface area contributed by atoms with Crippen LogP contribution in [0.25, 0.3) is 0 Å². The molecule has 0 heterocycles. The molecule has 0 fully saturated rings. The van der Waals surface area contributed by atoms with Crippen LogP contribution in [0.15, 0.2) is 18.2 Å². The van der Waals surface area contributed by atoms with Gasteiger partial charge < -0.3 is 20.9 Å². The number of primary amides is 2. The molecule has 0 saturated carbocycles. The number of hydrogen-bond acceptors (Lipinski definition) is 4. The van der Waals surface area contributed by atoms with Gasteiger partial charge in [0.2, 0.25) is 0 Å². The number of fused-ring (bicyclic) bond motifs is 1. The van der Waals surface area contributed by atoms with Crippen LogP contribution in [0, 0.1) is 0 Å². The van der Waals surface area contributed by atoms with Crippen LogP contribution >= 0.6 is 11.6 Å². The number of rotatable bonds is 2. The summed E-state index contributed by atoms with van der Waals surface area (Å²) in [6.45, 7) is 0. The van der Waals surface area contributed by atoms with Gasteiger partial charge in [-0.15, -0.1) is 0 Å². The standard InChI is InChI=1S/C11H11ClN2O4/c12-6-2-1-5-3-8(17-10(13)15)9(7(5)4-6)18-11(14)16/h1-2,4,8-9H,3H2,(H2,13,15)(H2,14,16)/t8-,9+/m1/s1. The first kappa shape index (κ1) is 12.5. The summed E-state index contributed by atoms with van der Waals surface area (Å²) >= 11 is 5.87. The molecule has 0 saturated heterocycles. The summed E-state index contributed by atoms with van der Waals surface area (Å²) in [4.78, 5) is 21.7. The summed E-state index contributed by atoms with van der Waals surface area (Å²) in [5, 5.41) is 0.492. The van der Waals surface area contributed by atoms with Crippen LogP contribution in [0.5, 0.6) is 0 Å². The highest BCUT2D eigenvalue weighted by molar-refractivity contribution is 6.30. The molecule has 0 spiro atoms. The highest BCUT2D eigenvalue weighted by Gasteiger charge is 2.37. The molecule has 4 N–H and O–H groups in total. The predicted octanol–water partition coefficient (Wildman–Crippen LogP) is 1.50. The zero-order chi connectivity index (χ0) is 13.3. The van der Waals surface area contributed by atoms with Gasteiger partial charge in [-0.3, -0.25) is 0 Å². The van der Waals surface area contributed by atoms with E-state index in [0.29, 0.717) is 17.0 Å². The van der Waals surface area contributed by atoms with E-state index in [1.165, 1.54) is 0 Å². The molecule has 0 aromatic heterocycles. The molecule has 18 heavy (non-hydrogen) atoms. The summed E-state index contributed by atoms with van der Waals surface area (Å²) in [6.07, 6.45) is -2.94. The maximum atomic E-state index is 10.9. The lowest BCUT2D eigenvalue weighted by atomic mass is 10.1. The Morgan fingerprint density at radius 2 is 1.89 bits per heavy atom. The average molecular weight is 271 g/mol. The third-order valence-corrected chi connectivity index (χ3v) is 2.92. The maximum absolute atomic E-state index is 10.9. The van der Waals surface area contributed by atoms with Crippen LogP contribution in [-0.2, 0) is 15.9 Å². The first-order chi connectivity index (χ1) is 8.47. The van der Waals surface area contributed by atoms with Crippen LogP contribution in [0.1, 0.15) is 17.2 Å². The number of halogens is 1. The number of carbonyl (C=O) groups is 2. The van der Waals surface area contributed by atoms with Crippen molar-refractivity contribution in [3.63, 3.8) is 0 Å². The summed E-state index contributed by atoms with van der Waals surface area (Å²) < 4.78 is 9.86. The molecule has 6 nitrogen and oxygen atoms in total. The lowest BCUT2D eigenvalue weighted by Crippen LogP contribution is -2.30.